The van der Waals surface area contributed by atoms with E-state index in [0.29, 0.717) is 36.4 Å². The predicted octanol–water partition coefficient (Wildman–Crippen LogP) is 3.53. The van der Waals surface area contributed by atoms with Crippen molar-refractivity contribution >= 4 is 11.8 Å². The van der Waals surface area contributed by atoms with Crippen molar-refractivity contribution in [2.45, 2.75) is 52.9 Å². The maximum atomic E-state index is 11.8. The highest BCUT2D eigenvalue weighted by molar-refractivity contribution is 5.88. The highest BCUT2D eigenvalue weighted by Gasteiger charge is 2.24. The number of esters is 1. The van der Waals surface area contributed by atoms with Gasteiger partial charge in [0.25, 0.3) is 0 Å². The van der Waals surface area contributed by atoms with Gasteiger partial charge in [-0.1, -0.05) is 26.8 Å². The fourth-order valence-corrected chi connectivity index (χ4v) is 2.75. The summed E-state index contributed by atoms with van der Waals surface area (Å²) < 4.78 is 4.73. The number of carbonyl (C=O) groups is 2. The summed E-state index contributed by atoms with van der Waals surface area (Å²) in [5.74, 6) is 1.52. The molecule has 3 nitrogen and oxygen atoms in total. The summed E-state index contributed by atoms with van der Waals surface area (Å²) in [5.41, 5.74) is 0.791. The minimum Gasteiger partial charge on any atom is -0.466 e. The van der Waals surface area contributed by atoms with Gasteiger partial charge in [0.15, 0.2) is 0 Å². The van der Waals surface area contributed by atoms with Crippen LogP contribution in [-0.4, -0.2) is 18.9 Å². The monoisotopic (exact) mass is 266 g/mol. The lowest BCUT2D eigenvalue weighted by molar-refractivity contribution is -0.136. The minimum absolute atomic E-state index is 0.206. The lowest BCUT2D eigenvalue weighted by Gasteiger charge is -2.26. The topological polar surface area (TPSA) is 43.4 Å². The summed E-state index contributed by atoms with van der Waals surface area (Å²) in [6.45, 7) is 6.31. The van der Waals surface area contributed by atoms with Gasteiger partial charge in [-0.3, -0.25) is 4.79 Å². The Balaban J connectivity index is 2.44. The van der Waals surface area contributed by atoms with Gasteiger partial charge in [0, 0.05) is 18.4 Å². The Morgan fingerprint density at radius 1 is 1.32 bits per heavy atom. The van der Waals surface area contributed by atoms with E-state index in [1.54, 1.807) is 0 Å². The second kappa shape index (κ2) is 7.46. The van der Waals surface area contributed by atoms with Gasteiger partial charge in [-0.2, -0.15) is 0 Å². The van der Waals surface area contributed by atoms with Crippen LogP contribution < -0.4 is 0 Å². The molecular weight excluding hydrogens is 240 g/mol. The Kier molecular flexibility index (Phi) is 6.26. The molecule has 0 amide bonds. The fourth-order valence-electron chi connectivity index (χ4n) is 2.75. The molecule has 0 aromatic rings. The number of Topliss-reactive ketones (excluding diaryl/α,β-unsaturated/α-hetero) is 1. The molecule has 2 atom stereocenters. The van der Waals surface area contributed by atoms with Crippen molar-refractivity contribution in [2.24, 2.45) is 17.8 Å². The number of hydrogen-bond acceptors (Lipinski definition) is 3. The number of ketones is 1. The molecule has 3 heteroatoms. The van der Waals surface area contributed by atoms with E-state index in [1.807, 2.05) is 6.08 Å². The third-order valence-corrected chi connectivity index (χ3v) is 3.89. The molecule has 0 spiro atoms. The van der Waals surface area contributed by atoms with Crippen LogP contribution in [0.15, 0.2) is 11.6 Å². The van der Waals surface area contributed by atoms with Crippen molar-refractivity contribution in [1.82, 2.24) is 0 Å². The molecule has 0 radical (unpaired) electrons. The summed E-state index contributed by atoms with van der Waals surface area (Å²) in [7, 11) is 1.42. The molecule has 1 rings (SSSR count). The summed E-state index contributed by atoms with van der Waals surface area (Å²) in [4.78, 5) is 23.2. The largest absolute Gasteiger partial charge is 0.466 e. The van der Waals surface area contributed by atoms with Crippen molar-refractivity contribution in [2.75, 3.05) is 7.11 Å². The molecule has 0 heterocycles. The molecule has 1 aliphatic rings. The number of rotatable bonds is 6. The first-order valence-electron chi connectivity index (χ1n) is 7.23. The Labute approximate surface area is 116 Å². The van der Waals surface area contributed by atoms with Crippen LogP contribution in [0.1, 0.15) is 52.9 Å². The van der Waals surface area contributed by atoms with Crippen molar-refractivity contribution in [1.29, 1.82) is 0 Å². The third kappa shape index (κ3) is 5.17. The lowest BCUT2D eigenvalue weighted by atomic mass is 9.79. The summed E-state index contributed by atoms with van der Waals surface area (Å²) in [6, 6.07) is 0. The molecule has 0 saturated heterocycles. The third-order valence-electron chi connectivity index (χ3n) is 3.89. The van der Waals surface area contributed by atoms with Crippen LogP contribution in [0.3, 0.4) is 0 Å². The Morgan fingerprint density at radius 3 is 2.47 bits per heavy atom. The molecule has 0 saturated carbocycles. The summed E-state index contributed by atoms with van der Waals surface area (Å²) in [5, 5.41) is 0. The molecule has 0 fully saturated rings. The van der Waals surface area contributed by atoms with Gasteiger partial charge in [-0.05, 0) is 37.0 Å². The second-order valence-electron chi connectivity index (χ2n) is 6.07. The number of methoxy groups -OCH3 is 1. The van der Waals surface area contributed by atoms with Crippen molar-refractivity contribution in [3.63, 3.8) is 0 Å². The molecule has 19 heavy (non-hydrogen) atoms. The molecule has 0 aromatic heterocycles. The van der Waals surface area contributed by atoms with Gasteiger partial charge < -0.3 is 4.74 Å². The van der Waals surface area contributed by atoms with E-state index in [-0.39, 0.29) is 5.97 Å². The lowest BCUT2D eigenvalue weighted by Crippen LogP contribution is -2.20. The molecule has 0 N–H and O–H groups in total. The first-order valence-corrected chi connectivity index (χ1v) is 7.23. The van der Waals surface area contributed by atoms with Gasteiger partial charge in [0.2, 0.25) is 0 Å². The standard InChI is InChI=1S/C16H26O3/c1-11(2)9-15(17)10-12(3)13-5-7-14(8-6-13)16(18)19-4/h7,11-13H,5-6,8-10H2,1-4H3/t12?,13-/m1/s1. The van der Waals surface area contributed by atoms with Crippen LogP contribution >= 0.6 is 0 Å². The van der Waals surface area contributed by atoms with Crippen LogP contribution in [-0.2, 0) is 14.3 Å². The quantitative estimate of drug-likeness (QED) is 0.691. The summed E-state index contributed by atoms with van der Waals surface area (Å²) >= 11 is 0. The normalized spacial score (nSPS) is 20.9. The van der Waals surface area contributed by atoms with E-state index < -0.39 is 0 Å². The van der Waals surface area contributed by atoms with Crippen LogP contribution in [0.25, 0.3) is 0 Å². The van der Waals surface area contributed by atoms with Crippen molar-refractivity contribution in [3.05, 3.63) is 11.6 Å². The average molecular weight is 266 g/mol. The minimum atomic E-state index is -0.206. The maximum absolute atomic E-state index is 11.8. The average Bonchev–Trinajstić information content (AvgIpc) is 2.36. The van der Waals surface area contributed by atoms with Crippen molar-refractivity contribution in [3.8, 4) is 0 Å². The van der Waals surface area contributed by atoms with E-state index in [0.717, 1.165) is 24.8 Å². The number of ether oxygens (including phenoxy) is 1. The van der Waals surface area contributed by atoms with Crippen LogP contribution in [0.2, 0.25) is 0 Å². The Hall–Kier alpha value is -1.12. The van der Waals surface area contributed by atoms with Gasteiger partial charge in [0.05, 0.1) is 7.11 Å². The second-order valence-corrected chi connectivity index (χ2v) is 6.07. The van der Waals surface area contributed by atoms with Gasteiger partial charge in [0.1, 0.15) is 5.78 Å². The molecule has 108 valence electrons. The highest BCUT2D eigenvalue weighted by Crippen LogP contribution is 2.31. The molecule has 0 aromatic carbocycles. The Morgan fingerprint density at radius 2 is 2.00 bits per heavy atom. The smallest absolute Gasteiger partial charge is 0.333 e. The molecule has 0 bridgehead atoms. The van der Waals surface area contributed by atoms with Crippen LogP contribution in [0, 0.1) is 17.8 Å². The maximum Gasteiger partial charge on any atom is 0.333 e. The van der Waals surface area contributed by atoms with Gasteiger partial charge in [-0.15, -0.1) is 0 Å². The first-order chi connectivity index (χ1) is 8.93. The molecule has 1 aliphatic carbocycles. The molecule has 1 unspecified atom stereocenters. The zero-order chi connectivity index (χ0) is 14.4. The zero-order valence-corrected chi connectivity index (χ0v) is 12.6. The fraction of sp³-hybridized carbons (Fsp3) is 0.750. The predicted molar refractivity (Wildman–Crippen MR) is 75.7 cm³/mol. The molecule has 0 aliphatic heterocycles. The summed E-state index contributed by atoms with van der Waals surface area (Å²) in [6.07, 6.45) is 5.99. The highest BCUT2D eigenvalue weighted by atomic mass is 16.5. The van der Waals surface area contributed by atoms with Gasteiger partial charge in [-0.25, -0.2) is 4.79 Å². The van der Waals surface area contributed by atoms with Crippen LogP contribution in [0.5, 0.6) is 0 Å². The van der Waals surface area contributed by atoms with E-state index >= 15 is 0 Å². The number of allylic oxidation sites excluding steroid dienone is 1. The first kappa shape index (κ1) is 15.9. The molecular formula is C16H26O3. The SMILES string of the molecule is COC(=O)C1=CC[C@@H](C(C)CC(=O)CC(C)C)CC1. The Bertz CT molecular complexity index is 355. The number of carbonyl (C=O) groups excluding carboxylic acids is 2. The van der Waals surface area contributed by atoms with Crippen LogP contribution in [0.4, 0.5) is 0 Å². The van der Waals surface area contributed by atoms with E-state index in [2.05, 4.69) is 20.8 Å². The number of hydrogen-bond donors (Lipinski definition) is 0. The van der Waals surface area contributed by atoms with Gasteiger partial charge >= 0.3 is 5.97 Å². The van der Waals surface area contributed by atoms with E-state index in [1.165, 1.54) is 7.11 Å². The van der Waals surface area contributed by atoms with E-state index in [9.17, 15) is 9.59 Å². The zero-order valence-electron chi connectivity index (χ0n) is 12.6. The van der Waals surface area contributed by atoms with Crippen molar-refractivity contribution < 1.29 is 14.3 Å². The van der Waals surface area contributed by atoms with E-state index in [4.69, 9.17) is 4.74 Å².